The molecule has 0 aromatic heterocycles. The molecule has 1 rings (SSSR count). The van der Waals surface area contributed by atoms with Crippen molar-refractivity contribution in [3.63, 3.8) is 0 Å². The van der Waals surface area contributed by atoms with E-state index in [-0.39, 0.29) is 0 Å². The molecule has 0 radical (unpaired) electrons. The molecular weight excluding hydrogens is 246 g/mol. The van der Waals surface area contributed by atoms with Crippen molar-refractivity contribution in [1.29, 1.82) is 0 Å². The normalized spacial score (nSPS) is 17.6. The van der Waals surface area contributed by atoms with Crippen molar-refractivity contribution in [3.8, 4) is 0 Å². The van der Waals surface area contributed by atoms with Crippen molar-refractivity contribution >= 4 is 8.07 Å². The molecule has 0 aromatic carbocycles. The summed E-state index contributed by atoms with van der Waals surface area (Å²) >= 11 is 0. The highest BCUT2D eigenvalue weighted by Crippen LogP contribution is 2.32. The van der Waals surface area contributed by atoms with Crippen LogP contribution in [-0.4, -0.2) is 32.6 Å². The molecule has 0 N–H and O–H groups in total. The van der Waals surface area contributed by atoms with Gasteiger partial charge in [-0.15, -0.1) is 6.58 Å². The Bertz CT molecular complexity index is 250. The van der Waals surface area contributed by atoms with Crippen LogP contribution in [0.3, 0.4) is 0 Å². The van der Waals surface area contributed by atoms with Gasteiger partial charge in [0.1, 0.15) is 0 Å². The van der Waals surface area contributed by atoms with Gasteiger partial charge >= 0.3 is 0 Å². The zero-order valence-electron chi connectivity index (χ0n) is 13.6. The second kappa shape index (κ2) is 8.96. The van der Waals surface area contributed by atoms with Crippen LogP contribution in [0.1, 0.15) is 59.3 Å². The molecule has 0 unspecified atom stereocenters. The number of piperidine rings is 1. The summed E-state index contributed by atoms with van der Waals surface area (Å²) < 4.78 is 0. The van der Waals surface area contributed by atoms with Crippen LogP contribution in [-0.2, 0) is 0 Å². The zero-order chi connectivity index (χ0) is 14.1. The summed E-state index contributed by atoms with van der Waals surface area (Å²) in [6, 6.07) is 4.42. The second-order valence-corrected chi connectivity index (χ2v) is 11.5. The Labute approximate surface area is 122 Å². The van der Waals surface area contributed by atoms with Gasteiger partial charge in [0, 0.05) is 0 Å². The van der Waals surface area contributed by atoms with E-state index in [4.69, 9.17) is 0 Å². The third-order valence-corrected chi connectivity index (χ3v) is 11.0. The van der Waals surface area contributed by atoms with Gasteiger partial charge in [-0.3, -0.25) is 0 Å². The number of nitrogens with zero attached hydrogens (tertiary/aromatic N) is 1. The average Bonchev–Trinajstić information content (AvgIpc) is 2.40. The molecule has 112 valence electrons. The van der Waals surface area contributed by atoms with Gasteiger partial charge in [-0.25, -0.2) is 0 Å². The molecule has 0 aliphatic carbocycles. The number of allylic oxidation sites excluding steroid dienone is 1. The molecule has 0 spiro atoms. The van der Waals surface area contributed by atoms with Crippen molar-refractivity contribution < 1.29 is 0 Å². The molecular formula is C17H35NSi. The van der Waals surface area contributed by atoms with Gasteiger partial charge in [0.25, 0.3) is 0 Å². The first-order valence-corrected chi connectivity index (χ1v) is 11.1. The van der Waals surface area contributed by atoms with Crippen molar-refractivity contribution in [2.24, 2.45) is 0 Å². The smallest absolute Gasteiger partial charge is 0.0804 e. The Kier molecular flexibility index (Phi) is 8.01. The van der Waals surface area contributed by atoms with Crippen molar-refractivity contribution in [1.82, 2.24) is 4.90 Å². The minimum atomic E-state index is -1.18. The maximum absolute atomic E-state index is 4.38. The summed E-state index contributed by atoms with van der Waals surface area (Å²) in [6.45, 7) is 15.4. The summed E-state index contributed by atoms with van der Waals surface area (Å²) in [5, 5.41) is 1.56. The predicted molar refractivity (Wildman–Crippen MR) is 90.5 cm³/mol. The molecule has 1 aliphatic heterocycles. The number of likely N-dealkylation sites (tertiary alicyclic amines) is 1. The van der Waals surface area contributed by atoms with Gasteiger partial charge < -0.3 is 4.90 Å². The lowest BCUT2D eigenvalue weighted by Gasteiger charge is -2.34. The molecule has 1 fully saturated rings. The lowest BCUT2D eigenvalue weighted by Crippen LogP contribution is -2.37. The second-order valence-electron chi connectivity index (χ2n) is 6.57. The summed E-state index contributed by atoms with van der Waals surface area (Å²) in [4.78, 5) is 2.69. The quantitative estimate of drug-likeness (QED) is 0.522. The molecule has 0 amide bonds. The van der Waals surface area contributed by atoms with Crippen molar-refractivity contribution in [3.05, 3.63) is 11.8 Å². The maximum Gasteiger partial charge on any atom is 0.0804 e. The van der Waals surface area contributed by atoms with Crippen LogP contribution in [0.2, 0.25) is 18.1 Å². The third-order valence-electron chi connectivity index (χ3n) is 4.94. The molecule has 19 heavy (non-hydrogen) atoms. The van der Waals surface area contributed by atoms with E-state index in [2.05, 4.69) is 32.3 Å². The predicted octanol–water partition coefficient (Wildman–Crippen LogP) is 5.25. The van der Waals surface area contributed by atoms with Crippen LogP contribution < -0.4 is 0 Å². The van der Waals surface area contributed by atoms with Crippen LogP contribution in [0.15, 0.2) is 11.8 Å². The van der Waals surface area contributed by atoms with E-state index >= 15 is 0 Å². The van der Waals surface area contributed by atoms with Gasteiger partial charge in [-0.05, 0) is 45.8 Å². The Hall–Kier alpha value is -0.0831. The van der Waals surface area contributed by atoms with E-state index in [0.717, 1.165) is 0 Å². The molecule has 0 aromatic rings. The first-order valence-electron chi connectivity index (χ1n) is 8.53. The maximum atomic E-state index is 4.38. The summed E-state index contributed by atoms with van der Waals surface area (Å²) in [6.07, 6.45) is 8.41. The van der Waals surface area contributed by atoms with Gasteiger partial charge in [-0.1, -0.05) is 56.4 Å². The molecule has 0 atom stereocenters. The zero-order valence-corrected chi connectivity index (χ0v) is 14.6. The fourth-order valence-electron chi connectivity index (χ4n) is 3.80. The molecule has 1 nitrogen and oxygen atoms in total. The van der Waals surface area contributed by atoms with E-state index in [1.165, 1.54) is 76.3 Å². The van der Waals surface area contributed by atoms with E-state index < -0.39 is 8.07 Å². The first kappa shape index (κ1) is 17.0. The number of rotatable bonds is 9. The van der Waals surface area contributed by atoms with Gasteiger partial charge in [-0.2, -0.15) is 0 Å². The summed E-state index contributed by atoms with van der Waals surface area (Å²) in [7, 11) is -1.18. The van der Waals surface area contributed by atoms with Gasteiger partial charge in [0.05, 0.1) is 8.07 Å². The Balaban J connectivity index is 2.44. The lowest BCUT2D eigenvalue weighted by molar-refractivity contribution is 0.229. The van der Waals surface area contributed by atoms with E-state index in [9.17, 15) is 0 Å². The molecule has 2 heteroatoms. The van der Waals surface area contributed by atoms with E-state index in [1.54, 1.807) is 5.20 Å². The minimum Gasteiger partial charge on any atom is -0.303 e. The first-order chi connectivity index (χ1) is 9.14. The van der Waals surface area contributed by atoms with Gasteiger partial charge in [0.15, 0.2) is 0 Å². The molecule has 1 saturated heterocycles. The van der Waals surface area contributed by atoms with Crippen molar-refractivity contribution in [2.45, 2.75) is 77.4 Å². The SMILES string of the molecule is C=C(C)[Si](CCC)(CCC)CCCN1CCCCC1. The average molecular weight is 282 g/mol. The fourth-order valence-corrected chi connectivity index (χ4v) is 8.58. The highest BCUT2D eigenvalue weighted by molar-refractivity contribution is 6.86. The lowest BCUT2D eigenvalue weighted by atomic mass is 10.1. The van der Waals surface area contributed by atoms with E-state index in [0.29, 0.717) is 0 Å². The van der Waals surface area contributed by atoms with Crippen LogP contribution in [0.5, 0.6) is 0 Å². The standard InChI is InChI=1S/C17H35NSi/c1-5-14-19(15-6-2,17(3)4)16-10-13-18-11-8-7-9-12-18/h3,5-16H2,1-2,4H3. The van der Waals surface area contributed by atoms with Crippen LogP contribution in [0.25, 0.3) is 0 Å². The molecule has 1 aliphatic rings. The van der Waals surface area contributed by atoms with Crippen LogP contribution in [0.4, 0.5) is 0 Å². The minimum absolute atomic E-state index is 1.18. The highest BCUT2D eigenvalue weighted by Gasteiger charge is 2.31. The Morgan fingerprint density at radius 3 is 2.05 bits per heavy atom. The molecule has 0 saturated carbocycles. The highest BCUT2D eigenvalue weighted by atomic mass is 28.3. The summed E-state index contributed by atoms with van der Waals surface area (Å²) in [5.74, 6) is 0. The monoisotopic (exact) mass is 281 g/mol. The Morgan fingerprint density at radius 1 is 1.00 bits per heavy atom. The van der Waals surface area contributed by atoms with Crippen molar-refractivity contribution in [2.75, 3.05) is 19.6 Å². The summed E-state index contributed by atoms with van der Waals surface area (Å²) in [5.41, 5.74) is 0. The number of hydrogen-bond donors (Lipinski definition) is 0. The number of hydrogen-bond acceptors (Lipinski definition) is 1. The van der Waals surface area contributed by atoms with Crippen LogP contribution >= 0.6 is 0 Å². The largest absolute Gasteiger partial charge is 0.303 e. The molecule has 1 heterocycles. The topological polar surface area (TPSA) is 3.24 Å². The van der Waals surface area contributed by atoms with Crippen LogP contribution in [0, 0.1) is 0 Å². The van der Waals surface area contributed by atoms with E-state index in [1.807, 2.05) is 0 Å². The Morgan fingerprint density at radius 2 is 1.58 bits per heavy atom. The van der Waals surface area contributed by atoms with Gasteiger partial charge in [0.2, 0.25) is 0 Å². The third kappa shape index (κ3) is 5.43. The fraction of sp³-hybridized carbons (Fsp3) is 0.882. The molecule has 0 bridgehead atoms.